The van der Waals surface area contributed by atoms with Gasteiger partial charge in [-0.3, -0.25) is 4.79 Å². The zero-order valence-corrected chi connectivity index (χ0v) is 20.7. The number of nitrogens with one attached hydrogen (secondary N) is 2. The molecule has 0 unspecified atom stereocenters. The summed E-state index contributed by atoms with van der Waals surface area (Å²) in [6.07, 6.45) is 1.91. The van der Waals surface area contributed by atoms with Crippen LogP contribution in [0, 0.1) is 6.92 Å². The number of aryl methyl sites for hydroxylation is 1. The first-order valence-electron chi connectivity index (χ1n) is 11.1. The Kier molecular flexibility index (Phi) is 6.91. The van der Waals surface area contributed by atoms with Crippen LogP contribution in [0.2, 0.25) is 10.0 Å². The number of benzene rings is 1. The third kappa shape index (κ3) is 4.28. The Morgan fingerprint density at radius 2 is 1.97 bits per heavy atom. The summed E-state index contributed by atoms with van der Waals surface area (Å²) in [5, 5.41) is 14.3. The summed E-state index contributed by atoms with van der Waals surface area (Å²) in [7, 11) is 1.55. The first kappa shape index (κ1) is 24.2. The summed E-state index contributed by atoms with van der Waals surface area (Å²) in [4.78, 5) is 34.3. The van der Waals surface area contributed by atoms with Crippen LogP contribution in [0.4, 0.5) is 5.69 Å². The van der Waals surface area contributed by atoms with Crippen molar-refractivity contribution in [3.05, 3.63) is 50.9 Å². The van der Waals surface area contributed by atoms with Gasteiger partial charge >= 0.3 is 5.97 Å². The number of aromatic nitrogens is 2. The SMILES string of the molecule is CCc1c(C(=O)O)nc2c(OC)cccc2c1N1CCC(NC(=O)c2[nH]c(C)c(Cl)c2Cl)CC1. The fourth-order valence-electron chi connectivity index (χ4n) is 4.55. The highest BCUT2D eigenvalue weighted by atomic mass is 35.5. The number of carbonyl (C=O) groups excluding carboxylic acids is 1. The lowest BCUT2D eigenvalue weighted by Crippen LogP contribution is -2.45. The van der Waals surface area contributed by atoms with Crippen molar-refractivity contribution in [2.45, 2.75) is 39.2 Å². The third-order valence-corrected chi connectivity index (χ3v) is 7.20. The number of nitrogens with zero attached hydrogens (tertiary/aromatic N) is 2. The standard InChI is InChI=1S/C24H26Cl2N4O4/c1-4-14-20(24(32)33)29-19-15(6-5-7-16(19)34-3)22(14)30-10-8-13(9-11-30)28-23(31)21-18(26)17(25)12(2)27-21/h5-7,13,27H,4,8-11H2,1-3H3,(H,28,31)(H,32,33). The fourth-order valence-corrected chi connectivity index (χ4v) is 4.97. The Bertz CT molecular complexity index is 1270. The number of para-hydroxylation sites is 1. The molecule has 0 saturated carbocycles. The van der Waals surface area contributed by atoms with Crippen LogP contribution in [0.3, 0.4) is 0 Å². The van der Waals surface area contributed by atoms with E-state index in [1.165, 1.54) is 0 Å². The number of pyridine rings is 1. The molecule has 0 radical (unpaired) electrons. The molecule has 1 aliphatic heterocycles. The first-order valence-corrected chi connectivity index (χ1v) is 11.8. The van der Waals surface area contributed by atoms with Crippen molar-refractivity contribution in [1.82, 2.24) is 15.3 Å². The minimum atomic E-state index is -1.06. The topological polar surface area (TPSA) is 108 Å². The number of halogens is 2. The highest BCUT2D eigenvalue weighted by molar-refractivity contribution is 6.44. The number of carboxylic acids is 1. The Morgan fingerprint density at radius 1 is 1.26 bits per heavy atom. The number of piperidine rings is 1. The zero-order chi connectivity index (χ0) is 24.6. The van der Waals surface area contributed by atoms with Gasteiger partial charge in [-0.15, -0.1) is 0 Å². The number of aromatic amines is 1. The van der Waals surface area contributed by atoms with Gasteiger partial charge in [-0.25, -0.2) is 9.78 Å². The molecule has 34 heavy (non-hydrogen) atoms. The van der Waals surface area contributed by atoms with E-state index in [0.29, 0.717) is 59.9 Å². The maximum atomic E-state index is 12.7. The normalized spacial score (nSPS) is 14.4. The Morgan fingerprint density at radius 3 is 2.53 bits per heavy atom. The maximum Gasteiger partial charge on any atom is 0.354 e. The number of H-pyrrole nitrogens is 1. The molecular formula is C24H26Cl2N4O4. The molecule has 0 bridgehead atoms. The van der Waals surface area contributed by atoms with Gasteiger partial charge < -0.3 is 25.0 Å². The van der Waals surface area contributed by atoms with E-state index >= 15 is 0 Å². The quantitative estimate of drug-likeness (QED) is 0.442. The second-order valence-corrected chi connectivity index (χ2v) is 9.05. The molecule has 1 saturated heterocycles. The lowest BCUT2D eigenvalue weighted by atomic mass is 9.98. The average Bonchev–Trinajstić information content (AvgIpc) is 3.10. The summed E-state index contributed by atoms with van der Waals surface area (Å²) in [6, 6.07) is 5.55. The number of fused-ring (bicyclic) bond motifs is 1. The van der Waals surface area contributed by atoms with Crippen LogP contribution in [0.5, 0.6) is 5.75 Å². The van der Waals surface area contributed by atoms with Crippen molar-refractivity contribution in [2.75, 3.05) is 25.1 Å². The molecule has 3 heterocycles. The molecular weight excluding hydrogens is 479 g/mol. The number of aromatic carboxylic acids is 1. The number of methoxy groups -OCH3 is 1. The fraction of sp³-hybridized carbons (Fsp3) is 0.375. The molecule has 180 valence electrons. The van der Waals surface area contributed by atoms with Crippen LogP contribution in [-0.2, 0) is 6.42 Å². The van der Waals surface area contributed by atoms with E-state index in [1.54, 1.807) is 20.1 Å². The monoisotopic (exact) mass is 504 g/mol. The number of carbonyl (C=O) groups is 2. The molecule has 1 aliphatic rings. The van der Waals surface area contributed by atoms with Gasteiger partial charge in [0.15, 0.2) is 5.69 Å². The Hall–Kier alpha value is -2.97. The van der Waals surface area contributed by atoms with Gasteiger partial charge in [-0.2, -0.15) is 0 Å². The molecule has 0 atom stereocenters. The van der Waals surface area contributed by atoms with Crippen LogP contribution in [-0.4, -0.2) is 53.2 Å². The summed E-state index contributed by atoms with van der Waals surface area (Å²) in [6.45, 7) is 4.98. The Balaban J connectivity index is 1.61. The number of carboxylic acid groups (broad SMARTS) is 1. The van der Waals surface area contributed by atoms with Crippen molar-refractivity contribution in [1.29, 1.82) is 0 Å². The van der Waals surface area contributed by atoms with Gasteiger partial charge in [-0.1, -0.05) is 42.3 Å². The number of ether oxygens (including phenoxy) is 1. The van der Waals surface area contributed by atoms with E-state index in [1.807, 2.05) is 19.1 Å². The Labute approximate surface area is 207 Å². The van der Waals surface area contributed by atoms with E-state index in [0.717, 1.165) is 11.1 Å². The predicted molar refractivity (Wildman–Crippen MR) is 133 cm³/mol. The largest absolute Gasteiger partial charge is 0.494 e. The second kappa shape index (κ2) is 9.72. The number of amides is 1. The molecule has 3 aromatic rings. The molecule has 0 aliphatic carbocycles. The molecule has 10 heteroatoms. The van der Waals surface area contributed by atoms with E-state index in [2.05, 4.69) is 20.2 Å². The van der Waals surface area contributed by atoms with E-state index < -0.39 is 5.97 Å². The van der Waals surface area contributed by atoms with Crippen LogP contribution >= 0.6 is 23.2 Å². The van der Waals surface area contributed by atoms with E-state index in [4.69, 9.17) is 27.9 Å². The minimum absolute atomic E-state index is 0.0403. The highest BCUT2D eigenvalue weighted by Gasteiger charge is 2.28. The molecule has 1 fully saturated rings. The van der Waals surface area contributed by atoms with Gasteiger partial charge in [-0.05, 0) is 32.3 Å². The molecule has 2 aromatic heterocycles. The third-order valence-electron chi connectivity index (χ3n) is 6.25. The molecule has 3 N–H and O–H groups in total. The number of hydrogen-bond acceptors (Lipinski definition) is 5. The number of rotatable bonds is 6. The van der Waals surface area contributed by atoms with Crippen molar-refractivity contribution in [2.24, 2.45) is 0 Å². The summed E-state index contributed by atoms with van der Waals surface area (Å²) in [5.74, 6) is -0.826. The van der Waals surface area contributed by atoms with Gasteiger partial charge in [0.1, 0.15) is 17.0 Å². The molecule has 1 amide bonds. The molecule has 1 aromatic carbocycles. The molecule has 4 rings (SSSR count). The van der Waals surface area contributed by atoms with E-state index in [-0.39, 0.29) is 28.4 Å². The summed E-state index contributed by atoms with van der Waals surface area (Å²) in [5.41, 5.74) is 3.03. The predicted octanol–water partition coefficient (Wildman–Crippen LogP) is 4.85. The van der Waals surface area contributed by atoms with Crippen LogP contribution in [0.25, 0.3) is 10.9 Å². The van der Waals surface area contributed by atoms with Gasteiger partial charge in [0, 0.05) is 35.8 Å². The van der Waals surface area contributed by atoms with Crippen molar-refractivity contribution < 1.29 is 19.4 Å². The van der Waals surface area contributed by atoms with Crippen LogP contribution < -0.4 is 15.0 Å². The smallest absolute Gasteiger partial charge is 0.354 e. The summed E-state index contributed by atoms with van der Waals surface area (Å²) >= 11 is 12.3. The van der Waals surface area contributed by atoms with Gasteiger partial charge in [0.2, 0.25) is 0 Å². The highest BCUT2D eigenvalue weighted by Crippen LogP contribution is 2.37. The second-order valence-electron chi connectivity index (χ2n) is 8.29. The van der Waals surface area contributed by atoms with Crippen LogP contribution in [0.15, 0.2) is 18.2 Å². The van der Waals surface area contributed by atoms with Crippen molar-refractivity contribution >= 4 is 51.7 Å². The molecule has 0 spiro atoms. The lowest BCUT2D eigenvalue weighted by molar-refractivity contribution is 0.0689. The van der Waals surface area contributed by atoms with Crippen molar-refractivity contribution in [3.63, 3.8) is 0 Å². The molecule has 8 nitrogen and oxygen atoms in total. The van der Waals surface area contributed by atoms with Crippen molar-refractivity contribution in [3.8, 4) is 5.75 Å². The average molecular weight is 505 g/mol. The van der Waals surface area contributed by atoms with Gasteiger partial charge in [0.25, 0.3) is 5.91 Å². The maximum absolute atomic E-state index is 12.7. The number of hydrogen-bond donors (Lipinski definition) is 3. The minimum Gasteiger partial charge on any atom is -0.494 e. The summed E-state index contributed by atoms with van der Waals surface area (Å²) < 4.78 is 5.46. The lowest BCUT2D eigenvalue weighted by Gasteiger charge is -2.36. The van der Waals surface area contributed by atoms with E-state index in [9.17, 15) is 14.7 Å². The first-order chi connectivity index (χ1) is 16.3. The zero-order valence-electron chi connectivity index (χ0n) is 19.2. The van der Waals surface area contributed by atoms with Gasteiger partial charge in [0.05, 0.1) is 22.8 Å². The van der Waals surface area contributed by atoms with Crippen LogP contribution in [0.1, 0.15) is 52.0 Å². The number of anilines is 1.